The second-order valence-electron chi connectivity index (χ2n) is 6.08. The Labute approximate surface area is 163 Å². The first-order chi connectivity index (χ1) is 13.7. The summed E-state index contributed by atoms with van der Waals surface area (Å²) in [5.41, 5.74) is -0.897. The van der Waals surface area contributed by atoms with Crippen LogP contribution in [0.1, 0.15) is 32.0 Å². The van der Waals surface area contributed by atoms with Gasteiger partial charge in [0.25, 0.3) is 5.91 Å². The van der Waals surface area contributed by atoms with Gasteiger partial charge in [-0.25, -0.2) is 9.48 Å². The van der Waals surface area contributed by atoms with Gasteiger partial charge in [-0.3, -0.25) is 4.79 Å². The number of aromatic nitrogens is 2. The van der Waals surface area contributed by atoms with Gasteiger partial charge in [0.15, 0.2) is 5.69 Å². The fourth-order valence-corrected chi connectivity index (χ4v) is 2.84. The van der Waals surface area contributed by atoms with Crippen LogP contribution in [0.2, 0.25) is 0 Å². The Balaban J connectivity index is 2.01. The van der Waals surface area contributed by atoms with Crippen molar-refractivity contribution in [2.45, 2.75) is 13.1 Å². The molecule has 29 heavy (non-hydrogen) atoms. The standard InChI is InChI=1S/C20H16F3N3O3/c1-12-14(19(28)29-2)9-6-10-16(12)25-18(27)15-11-24-26(17(15)20(21,22)23)13-7-4-3-5-8-13/h3-11H,1-2H3,(H,25,27). The number of alkyl halides is 3. The van der Waals surface area contributed by atoms with E-state index in [9.17, 15) is 22.8 Å². The van der Waals surface area contributed by atoms with Crippen LogP contribution in [0.3, 0.4) is 0 Å². The molecule has 1 aromatic heterocycles. The minimum Gasteiger partial charge on any atom is -0.465 e. The Morgan fingerprint density at radius 1 is 1.03 bits per heavy atom. The molecule has 0 atom stereocenters. The van der Waals surface area contributed by atoms with Crippen LogP contribution in [0.15, 0.2) is 54.7 Å². The molecule has 3 rings (SSSR count). The number of nitrogens with one attached hydrogen (secondary N) is 1. The van der Waals surface area contributed by atoms with Crippen molar-refractivity contribution in [2.75, 3.05) is 12.4 Å². The quantitative estimate of drug-likeness (QED) is 0.662. The van der Waals surface area contributed by atoms with Crippen molar-refractivity contribution >= 4 is 17.6 Å². The van der Waals surface area contributed by atoms with Gasteiger partial charge in [0.05, 0.1) is 30.1 Å². The van der Waals surface area contributed by atoms with E-state index in [1.54, 1.807) is 25.1 Å². The van der Waals surface area contributed by atoms with Gasteiger partial charge < -0.3 is 10.1 Å². The minimum atomic E-state index is -4.82. The first-order valence-electron chi connectivity index (χ1n) is 8.44. The molecule has 1 amide bonds. The topological polar surface area (TPSA) is 73.2 Å². The van der Waals surface area contributed by atoms with E-state index in [4.69, 9.17) is 0 Å². The molecule has 0 saturated carbocycles. The van der Waals surface area contributed by atoms with Crippen LogP contribution in [0.5, 0.6) is 0 Å². The first-order valence-corrected chi connectivity index (χ1v) is 8.44. The van der Waals surface area contributed by atoms with Gasteiger partial charge in [0.1, 0.15) is 0 Å². The van der Waals surface area contributed by atoms with Crippen LogP contribution in [0, 0.1) is 6.92 Å². The molecule has 1 heterocycles. The van der Waals surface area contributed by atoms with Gasteiger partial charge in [0.2, 0.25) is 0 Å². The van der Waals surface area contributed by atoms with E-state index in [0.717, 1.165) is 6.20 Å². The monoisotopic (exact) mass is 403 g/mol. The highest BCUT2D eigenvalue weighted by molar-refractivity contribution is 6.06. The van der Waals surface area contributed by atoms with E-state index in [1.807, 2.05) is 0 Å². The third kappa shape index (κ3) is 3.98. The molecule has 0 aliphatic rings. The Hall–Kier alpha value is -3.62. The van der Waals surface area contributed by atoms with Crippen molar-refractivity contribution in [3.05, 3.63) is 77.1 Å². The lowest BCUT2D eigenvalue weighted by Crippen LogP contribution is -2.21. The molecule has 0 unspecified atom stereocenters. The van der Waals surface area contributed by atoms with Gasteiger partial charge in [-0.05, 0) is 36.8 Å². The van der Waals surface area contributed by atoms with E-state index >= 15 is 0 Å². The Kier molecular flexibility index (Phi) is 5.40. The summed E-state index contributed by atoms with van der Waals surface area (Å²) in [5, 5.41) is 6.18. The van der Waals surface area contributed by atoms with Crippen LogP contribution in [0.4, 0.5) is 18.9 Å². The molecule has 0 aliphatic carbocycles. The summed E-state index contributed by atoms with van der Waals surface area (Å²) in [4.78, 5) is 24.4. The fourth-order valence-electron chi connectivity index (χ4n) is 2.84. The summed E-state index contributed by atoms with van der Waals surface area (Å²) in [7, 11) is 1.21. The smallest absolute Gasteiger partial charge is 0.434 e. The molecule has 3 aromatic rings. The molecule has 0 fully saturated rings. The number of methoxy groups -OCH3 is 1. The molecule has 0 saturated heterocycles. The number of nitrogens with zero attached hydrogens (tertiary/aromatic N) is 2. The largest absolute Gasteiger partial charge is 0.465 e. The molecule has 0 radical (unpaired) electrons. The van der Waals surface area contributed by atoms with Crippen LogP contribution in [-0.2, 0) is 10.9 Å². The number of amides is 1. The molecule has 0 spiro atoms. The molecular formula is C20H16F3N3O3. The van der Waals surface area contributed by atoms with Gasteiger partial charge in [-0.2, -0.15) is 18.3 Å². The number of anilines is 1. The number of carbonyl (C=O) groups excluding carboxylic acids is 2. The Morgan fingerprint density at radius 2 is 1.72 bits per heavy atom. The zero-order valence-corrected chi connectivity index (χ0v) is 15.4. The number of esters is 1. The number of halogens is 3. The summed E-state index contributed by atoms with van der Waals surface area (Å²) in [6.07, 6.45) is -3.95. The van der Waals surface area contributed by atoms with Crippen LogP contribution < -0.4 is 5.32 Å². The molecular weight excluding hydrogens is 387 g/mol. The van der Waals surface area contributed by atoms with Gasteiger partial charge in [-0.1, -0.05) is 24.3 Å². The summed E-state index contributed by atoms with van der Waals surface area (Å²) >= 11 is 0. The van der Waals surface area contributed by atoms with E-state index in [1.165, 1.54) is 37.4 Å². The maximum Gasteiger partial charge on any atom is 0.434 e. The number of hydrogen-bond acceptors (Lipinski definition) is 4. The summed E-state index contributed by atoms with van der Waals surface area (Å²) in [6.45, 7) is 1.56. The highest BCUT2D eigenvalue weighted by Crippen LogP contribution is 2.34. The lowest BCUT2D eigenvalue weighted by molar-refractivity contribution is -0.143. The molecule has 1 N–H and O–H groups in total. The highest BCUT2D eigenvalue weighted by Gasteiger charge is 2.40. The maximum atomic E-state index is 13.7. The molecule has 150 valence electrons. The van der Waals surface area contributed by atoms with Crippen molar-refractivity contribution in [1.29, 1.82) is 0 Å². The second-order valence-corrected chi connectivity index (χ2v) is 6.08. The molecule has 0 bridgehead atoms. The zero-order chi connectivity index (χ0) is 21.2. The van der Waals surface area contributed by atoms with E-state index < -0.39 is 29.3 Å². The third-order valence-corrected chi connectivity index (χ3v) is 4.27. The third-order valence-electron chi connectivity index (χ3n) is 4.27. The van der Waals surface area contributed by atoms with E-state index in [2.05, 4.69) is 15.2 Å². The fraction of sp³-hybridized carbons (Fsp3) is 0.150. The normalized spacial score (nSPS) is 11.2. The second kappa shape index (κ2) is 7.78. The van der Waals surface area contributed by atoms with Crippen molar-refractivity contribution in [3.8, 4) is 5.69 Å². The molecule has 0 aliphatic heterocycles. The molecule has 9 heteroatoms. The Morgan fingerprint density at radius 3 is 2.34 bits per heavy atom. The number of ether oxygens (including phenoxy) is 1. The molecule has 2 aromatic carbocycles. The number of hydrogen-bond donors (Lipinski definition) is 1. The molecule has 6 nitrogen and oxygen atoms in total. The lowest BCUT2D eigenvalue weighted by atomic mass is 10.1. The highest BCUT2D eigenvalue weighted by atomic mass is 19.4. The SMILES string of the molecule is COC(=O)c1cccc(NC(=O)c2cnn(-c3ccccc3)c2C(F)(F)F)c1C. The van der Waals surface area contributed by atoms with Crippen molar-refractivity contribution in [3.63, 3.8) is 0 Å². The summed E-state index contributed by atoms with van der Waals surface area (Å²) < 4.78 is 46.5. The van der Waals surface area contributed by atoms with Crippen LogP contribution in [0.25, 0.3) is 5.69 Å². The van der Waals surface area contributed by atoms with Crippen LogP contribution >= 0.6 is 0 Å². The number of carbonyl (C=O) groups is 2. The predicted octanol–water partition coefficient (Wildman–Crippen LogP) is 4.24. The maximum absolute atomic E-state index is 13.7. The number of benzene rings is 2. The predicted molar refractivity (Wildman–Crippen MR) is 99.0 cm³/mol. The minimum absolute atomic E-state index is 0.169. The summed E-state index contributed by atoms with van der Waals surface area (Å²) in [6, 6.07) is 12.2. The van der Waals surface area contributed by atoms with Crippen molar-refractivity contribution in [1.82, 2.24) is 9.78 Å². The zero-order valence-electron chi connectivity index (χ0n) is 15.4. The van der Waals surface area contributed by atoms with Crippen LogP contribution in [-0.4, -0.2) is 28.8 Å². The van der Waals surface area contributed by atoms with Gasteiger partial charge >= 0.3 is 12.1 Å². The summed E-state index contributed by atoms with van der Waals surface area (Å²) in [5.74, 6) is -1.61. The van der Waals surface area contributed by atoms with E-state index in [-0.39, 0.29) is 16.9 Å². The van der Waals surface area contributed by atoms with Gasteiger partial charge in [-0.15, -0.1) is 0 Å². The Bertz CT molecular complexity index is 1060. The number of rotatable bonds is 4. The van der Waals surface area contributed by atoms with Crippen molar-refractivity contribution in [2.24, 2.45) is 0 Å². The average molecular weight is 403 g/mol. The van der Waals surface area contributed by atoms with E-state index in [0.29, 0.717) is 10.2 Å². The van der Waals surface area contributed by atoms with Crippen molar-refractivity contribution < 1.29 is 27.5 Å². The lowest BCUT2D eigenvalue weighted by Gasteiger charge is -2.14. The number of para-hydroxylation sites is 1. The first kappa shape index (κ1) is 20.1. The van der Waals surface area contributed by atoms with Gasteiger partial charge in [0, 0.05) is 5.69 Å². The average Bonchev–Trinajstić information content (AvgIpc) is 3.15.